The summed E-state index contributed by atoms with van der Waals surface area (Å²) in [6.07, 6.45) is 2.43. The molecule has 2 aromatic carbocycles. The Balaban J connectivity index is 1.53. The molecule has 144 valence electrons. The average Bonchev–Trinajstić information content (AvgIpc) is 2.72. The van der Waals surface area contributed by atoms with E-state index in [-0.39, 0.29) is 0 Å². The molecule has 27 heavy (non-hydrogen) atoms. The summed E-state index contributed by atoms with van der Waals surface area (Å²) in [5.74, 6) is 2.97. The first-order valence-electron chi connectivity index (χ1n) is 10.0. The molecule has 0 aromatic heterocycles. The monoisotopic (exact) mass is 366 g/mol. The van der Waals surface area contributed by atoms with Gasteiger partial charge < -0.3 is 19.7 Å². The lowest BCUT2D eigenvalue weighted by Gasteiger charge is -2.33. The summed E-state index contributed by atoms with van der Waals surface area (Å²) >= 11 is 0. The summed E-state index contributed by atoms with van der Waals surface area (Å²) < 4.78 is 11.6. The Morgan fingerprint density at radius 1 is 1.07 bits per heavy atom. The minimum Gasteiger partial charge on any atom is -0.497 e. The van der Waals surface area contributed by atoms with Crippen molar-refractivity contribution >= 4 is 0 Å². The van der Waals surface area contributed by atoms with Gasteiger partial charge >= 0.3 is 0 Å². The highest BCUT2D eigenvalue weighted by Crippen LogP contribution is 2.36. The van der Waals surface area contributed by atoms with E-state index in [1.807, 2.05) is 6.07 Å². The van der Waals surface area contributed by atoms with E-state index >= 15 is 0 Å². The highest BCUT2D eigenvalue weighted by molar-refractivity contribution is 5.45. The number of hydrogen-bond acceptors (Lipinski definition) is 4. The minimum atomic E-state index is 0.368. The van der Waals surface area contributed by atoms with Crippen LogP contribution in [0.15, 0.2) is 42.5 Å². The van der Waals surface area contributed by atoms with Crippen molar-refractivity contribution in [1.29, 1.82) is 0 Å². The Morgan fingerprint density at radius 2 is 1.93 bits per heavy atom. The van der Waals surface area contributed by atoms with Crippen LogP contribution < -0.4 is 14.8 Å². The van der Waals surface area contributed by atoms with Crippen LogP contribution in [0.5, 0.6) is 11.5 Å². The third-order valence-corrected chi connectivity index (χ3v) is 5.86. The van der Waals surface area contributed by atoms with Gasteiger partial charge in [0.25, 0.3) is 0 Å². The number of piperidine rings is 1. The lowest BCUT2D eigenvalue weighted by molar-refractivity contribution is 0.214. The topological polar surface area (TPSA) is 33.7 Å². The Hall–Kier alpha value is -2.04. The van der Waals surface area contributed by atoms with Gasteiger partial charge in [-0.25, -0.2) is 0 Å². The second kappa shape index (κ2) is 8.32. The number of likely N-dealkylation sites (N-methyl/N-ethyl adjacent to an activating group) is 1. The largest absolute Gasteiger partial charge is 0.497 e. The van der Waals surface area contributed by atoms with E-state index in [9.17, 15) is 0 Å². The quantitative estimate of drug-likeness (QED) is 0.876. The van der Waals surface area contributed by atoms with E-state index in [4.69, 9.17) is 9.47 Å². The normalized spacial score (nSPS) is 20.9. The third-order valence-electron chi connectivity index (χ3n) is 5.86. The van der Waals surface area contributed by atoms with Crippen LogP contribution in [-0.2, 0) is 6.54 Å². The molecule has 0 saturated carbocycles. The van der Waals surface area contributed by atoms with Gasteiger partial charge in [-0.15, -0.1) is 0 Å². The molecule has 1 unspecified atom stereocenters. The number of methoxy groups -OCH3 is 1. The van der Waals surface area contributed by atoms with Crippen molar-refractivity contribution in [2.24, 2.45) is 5.92 Å². The van der Waals surface area contributed by atoms with Crippen LogP contribution in [0.2, 0.25) is 0 Å². The highest BCUT2D eigenvalue weighted by atomic mass is 16.5. The Morgan fingerprint density at radius 3 is 2.74 bits per heavy atom. The fraction of sp³-hybridized carbons (Fsp3) is 0.478. The van der Waals surface area contributed by atoms with Crippen LogP contribution in [0.4, 0.5) is 0 Å². The molecule has 2 aliphatic heterocycles. The van der Waals surface area contributed by atoms with Crippen LogP contribution in [0.25, 0.3) is 0 Å². The third kappa shape index (κ3) is 4.28. The number of rotatable bonds is 5. The van der Waals surface area contributed by atoms with Crippen LogP contribution >= 0.6 is 0 Å². The minimum absolute atomic E-state index is 0.368. The second-order valence-corrected chi connectivity index (χ2v) is 7.89. The first-order chi connectivity index (χ1) is 13.2. The molecule has 0 bridgehead atoms. The molecule has 0 amide bonds. The smallest absolute Gasteiger partial charge is 0.119 e. The van der Waals surface area contributed by atoms with Crippen LogP contribution in [-0.4, -0.2) is 45.3 Å². The Bertz CT molecular complexity index is 771. The standard InChI is InChI=1S/C23H30N2O2/c1-25-14-19-13-21(27-16-17-8-10-24-11-9-17)6-7-22(19)23(15-25)18-4-3-5-20(12-18)26-2/h3-7,12-13,17,23-24H,8-11,14-16H2,1-2H3. The van der Waals surface area contributed by atoms with Gasteiger partial charge in [0.05, 0.1) is 13.7 Å². The Labute approximate surface area is 162 Å². The first kappa shape index (κ1) is 18.3. The van der Waals surface area contributed by atoms with Gasteiger partial charge in [0.15, 0.2) is 0 Å². The van der Waals surface area contributed by atoms with Crippen LogP contribution in [0.3, 0.4) is 0 Å². The Kier molecular flexibility index (Phi) is 5.65. The number of benzene rings is 2. The average molecular weight is 367 g/mol. The first-order valence-corrected chi connectivity index (χ1v) is 10.0. The second-order valence-electron chi connectivity index (χ2n) is 7.89. The zero-order valence-electron chi connectivity index (χ0n) is 16.4. The molecule has 0 spiro atoms. The van der Waals surface area contributed by atoms with E-state index in [0.717, 1.165) is 44.3 Å². The SMILES string of the molecule is COc1cccc(C2CN(C)Cc3cc(OCC4CCNCC4)ccc32)c1. The van der Waals surface area contributed by atoms with E-state index in [1.165, 1.54) is 29.5 Å². The van der Waals surface area contributed by atoms with Crippen molar-refractivity contribution in [2.45, 2.75) is 25.3 Å². The molecular weight excluding hydrogens is 336 g/mol. The molecule has 1 N–H and O–H groups in total. The zero-order valence-corrected chi connectivity index (χ0v) is 16.4. The predicted molar refractivity (Wildman–Crippen MR) is 109 cm³/mol. The number of hydrogen-bond donors (Lipinski definition) is 1. The molecule has 4 nitrogen and oxygen atoms in total. The summed E-state index contributed by atoms with van der Waals surface area (Å²) in [5, 5.41) is 3.42. The highest BCUT2D eigenvalue weighted by Gasteiger charge is 2.25. The molecule has 0 radical (unpaired) electrons. The summed E-state index contributed by atoms with van der Waals surface area (Å²) in [6, 6.07) is 15.1. The van der Waals surface area contributed by atoms with Crippen molar-refractivity contribution in [1.82, 2.24) is 10.2 Å². The van der Waals surface area contributed by atoms with Crippen LogP contribution in [0, 0.1) is 5.92 Å². The molecule has 1 atom stereocenters. The number of ether oxygens (including phenoxy) is 2. The van der Waals surface area contributed by atoms with Crippen LogP contribution in [0.1, 0.15) is 35.4 Å². The maximum atomic E-state index is 6.16. The summed E-state index contributed by atoms with van der Waals surface area (Å²) in [7, 11) is 3.92. The van der Waals surface area contributed by atoms with Crippen molar-refractivity contribution in [3.05, 3.63) is 59.2 Å². The molecule has 4 rings (SSSR count). The summed E-state index contributed by atoms with van der Waals surface area (Å²) in [6.45, 7) is 5.06. The lowest BCUT2D eigenvalue weighted by Crippen LogP contribution is -2.31. The number of nitrogens with one attached hydrogen (secondary N) is 1. The fourth-order valence-corrected chi connectivity index (χ4v) is 4.32. The van der Waals surface area contributed by atoms with Gasteiger partial charge in [0.1, 0.15) is 11.5 Å². The molecule has 1 fully saturated rings. The van der Waals surface area contributed by atoms with Gasteiger partial charge in [0.2, 0.25) is 0 Å². The van der Waals surface area contributed by atoms with E-state index in [0.29, 0.717) is 11.8 Å². The van der Waals surface area contributed by atoms with E-state index in [2.05, 4.69) is 53.7 Å². The van der Waals surface area contributed by atoms with Gasteiger partial charge in [-0.05, 0) is 79.9 Å². The molecular formula is C23H30N2O2. The van der Waals surface area contributed by atoms with Gasteiger partial charge in [-0.2, -0.15) is 0 Å². The van der Waals surface area contributed by atoms with Crippen molar-refractivity contribution in [2.75, 3.05) is 40.4 Å². The fourth-order valence-electron chi connectivity index (χ4n) is 4.32. The van der Waals surface area contributed by atoms with Crippen molar-refractivity contribution in [3.8, 4) is 11.5 Å². The van der Waals surface area contributed by atoms with E-state index < -0.39 is 0 Å². The lowest BCUT2D eigenvalue weighted by atomic mass is 9.84. The molecule has 1 saturated heterocycles. The van der Waals surface area contributed by atoms with Crippen molar-refractivity contribution in [3.63, 3.8) is 0 Å². The molecule has 2 aliphatic rings. The summed E-state index contributed by atoms with van der Waals surface area (Å²) in [4.78, 5) is 2.39. The molecule has 4 heteroatoms. The van der Waals surface area contributed by atoms with Gasteiger partial charge in [-0.3, -0.25) is 0 Å². The van der Waals surface area contributed by atoms with Crippen molar-refractivity contribution < 1.29 is 9.47 Å². The van der Waals surface area contributed by atoms with Gasteiger partial charge in [0, 0.05) is 19.0 Å². The number of nitrogens with zero attached hydrogens (tertiary/aromatic N) is 1. The maximum absolute atomic E-state index is 6.16. The van der Waals surface area contributed by atoms with E-state index in [1.54, 1.807) is 7.11 Å². The molecule has 0 aliphatic carbocycles. The number of fused-ring (bicyclic) bond motifs is 1. The zero-order chi connectivity index (χ0) is 18.6. The predicted octanol–water partition coefficient (Wildman–Crippen LogP) is 3.65. The summed E-state index contributed by atoms with van der Waals surface area (Å²) in [5.41, 5.74) is 4.10. The maximum Gasteiger partial charge on any atom is 0.119 e. The van der Waals surface area contributed by atoms with Gasteiger partial charge in [-0.1, -0.05) is 18.2 Å². The molecule has 2 aromatic rings. The molecule has 2 heterocycles.